The average molecular weight is 405 g/mol. The molecule has 0 unspecified atom stereocenters. The summed E-state index contributed by atoms with van der Waals surface area (Å²) in [5.41, 5.74) is 1.45. The molecule has 0 amide bonds. The van der Waals surface area contributed by atoms with E-state index >= 15 is 0 Å². The molecule has 0 aliphatic rings. The van der Waals surface area contributed by atoms with Gasteiger partial charge in [-0.2, -0.15) is 0 Å². The van der Waals surface area contributed by atoms with E-state index in [0.29, 0.717) is 28.3 Å². The van der Waals surface area contributed by atoms with Crippen molar-refractivity contribution in [1.29, 1.82) is 0 Å². The summed E-state index contributed by atoms with van der Waals surface area (Å²) >= 11 is 7.37. The topological polar surface area (TPSA) is 61.2 Å². The highest BCUT2D eigenvalue weighted by molar-refractivity contribution is 7.17. The van der Waals surface area contributed by atoms with Gasteiger partial charge in [0, 0.05) is 16.0 Å². The zero-order valence-electron chi connectivity index (χ0n) is 15.4. The molecule has 27 heavy (non-hydrogen) atoms. The molecule has 3 rings (SSSR count). The van der Waals surface area contributed by atoms with Crippen molar-refractivity contribution in [2.24, 2.45) is 5.92 Å². The third-order valence-corrected chi connectivity index (χ3v) is 5.37. The third-order valence-electron chi connectivity index (χ3n) is 4.23. The van der Waals surface area contributed by atoms with Crippen molar-refractivity contribution < 1.29 is 9.53 Å². The Morgan fingerprint density at radius 3 is 2.63 bits per heavy atom. The van der Waals surface area contributed by atoms with Gasteiger partial charge in [-0.15, -0.1) is 11.3 Å². The Morgan fingerprint density at radius 1 is 1.30 bits per heavy atom. The Morgan fingerprint density at radius 2 is 2.00 bits per heavy atom. The first kappa shape index (κ1) is 19.6. The van der Waals surface area contributed by atoms with Crippen molar-refractivity contribution in [2.45, 2.75) is 33.2 Å². The summed E-state index contributed by atoms with van der Waals surface area (Å²) in [4.78, 5) is 30.7. The first-order valence-electron chi connectivity index (χ1n) is 8.83. The van der Waals surface area contributed by atoms with Crippen molar-refractivity contribution in [1.82, 2.24) is 9.55 Å². The molecule has 0 fully saturated rings. The highest BCUT2D eigenvalue weighted by Gasteiger charge is 2.24. The van der Waals surface area contributed by atoms with Crippen molar-refractivity contribution in [3.63, 3.8) is 0 Å². The number of hydrogen-bond acceptors (Lipinski definition) is 5. The Hall–Kier alpha value is -2.18. The second-order valence-corrected chi connectivity index (χ2v) is 8.04. The number of fused-ring (bicyclic) bond motifs is 1. The predicted octanol–water partition coefficient (Wildman–Crippen LogP) is 4.93. The molecule has 0 radical (unpaired) electrons. The average Bonchev–Trinajstić information content (AvgIpc) is 3.08. The van der Waals surface area contributed by atoms with Crippen molar-refractivity contribution >= 4 is 39.1 Å². The molecule has 7 heteroatoms. The standard InChI is InChI=1S/C20H21ClN2O3S/c1-4-16(20(25)26-9-12(2)3)23-11-22-18-17(19(23)24)15(10-27-18)13-5-7-14(21)8-6-13/h5-8,10-12,16H,4,9H2,1-3H3/t16-/m0/s1. The molecule has 3 aromatic rings. The molecular formula is C20H21ClN2O3S. The van der Waals surface area contributed by atoms with E-state index < -0.39 is 12.0 Å². The Balaban J connectivity index is 2.06. The van der Waals surface area contributed by atoms with Gasteiger partial charge in [0.05, 0.1) is 18.3 Å². The van der Waals surface area contributed by atoms with Crippen LogP contribution in [0.25, 0.3) is 21.3 Å². The van der Waals surface area contributed by atoms with E-state index in [9.17, 15) is 9.59 Å². The second kappa shape index (κ2) is 8.23. The van der Waals surface area contributed by atoms with E-state index in [1.165, 1.54) is 22.2 Å². The minimum absolute atomic E-state index is 0.233. The largest absolute Gasteiger partial charge is 0.464 e. The lowest BCUT2D eigenvalue weighted by molar-refractivity contribution is -0.149. The minimum atomic E-state index is -0.689. The lowest BCUT2D eigenvalue weighted by atomic mass is 10.1. The van der Waals surface area contributed by atoms with Gasteiger partial charge in [-0.25, -0.2) is 9.78 Å². The van der Waals surface area contributed by atoms with Crippen LogP contribution in [0.15, 0.2) is 40.8 Å². The molecule has 2 heterocycles. The molecule has 142 valence electrons. The zero-order valence-corrected chi connectivity index (χ0v) is 17.0. The van der Waals surface area contributed by atoms with Crippen molar-refractivity contribution in [3.05, 3.63) is 51.3 Å². The normalized spacial score (nSPS) is 12.5. The third kappa shape index (κ3) is 4.06. The lowest BCUT2D eigenvalue weighted by Gasteiger charge is -2.17. The second-order valence-electron chi connectivity index (χ2n) is 6.74. The number of carbonyl (C=O) groups excluding carboxylic acids is 1. The molecule has 1 aromatic carbocycles. The first-order chi connectivity index (χ1) is 12.9. The van der Waals surface area contributed by atoms with Gasteiger partial charge < -0.3 is 4.74 Å². The van der Waals surface area contributed by atoms with E-state index in [2.05, 4.69) is 4.98 Å². The van der Waals surface area contributed by atoms with Crippen molar-refractivity contribution in [3.8, 4) is 11.1 Å². The fourth-order valence-electron chi connectivity index (χ4n) is 2.83. The molecule has 2 aromatic heterocycles. The number of aromatic nitrogens is 2. The van der Waals surface area contributed by atoms with Crippen LogP contribution >= 0.6 is 22.9 Å². The molecule has 0 saturated carbocycles. The van der Waals surface area contributed by atoms with Gasteiger partial charge in [-0.1, -0.05) is 44.5 Å². The number of hydrogen-bond donors (Lipinski definition) is 0. The van der Waals surface area contributed by atoms with Crippen LogP contribution in [0.1, 0.15) is 33.2 Å². The molecule has 0 N–H and O–H groups in total. The number of ether oxygens (including phenoxy) is 1. The molecule has 5 nitrogen and oxygen atoms in total. The van der Waals surface area contributed by atoms with E-state index in [0.717, 1.165) is 11.1 Å². The Bertz CT molecular complexity index is 1010. The lowest BCUT2D eigenvalue weighted by Crippen LogP contribution is -2.31. The van der Waals surface area contributed by atoms with Gasteiger partial charge >= 0.3 is 5.97 Å². The smallest absolute Gasteiger partial charge is 0.329 e. The van der Waals surface area contributed by atoms with Gasteiger partial charge in [0.1, 0.15) is 10.9 Å². The highest BCUT2D eigenvalue weighted by atomic mass is 35.5. The van der Waals surface area contributed by atoms with Gasteiger partial charge in [-0.05, 0) is 30.0 Å². The monoisotopic (exact) mass is 404 g/mol. The van der Waals surface area contributed by atoms with Crippen LogP contribution in [0, 0.1) is 5.92 Å². The number of nitrogens with zero attached hydrogens (tertiary/aromatic N) is 2. The van der Waals surface area contributed by atoms with Gasteiger partial charge in [0.15, 0.2) is 0 Å². The van der Waals surface area contributed by atoms with E-state index in [-0.39, 0.29) is 11.5 Å². The Kier molecular flexibility index (Phi) is 5.97. The van der Waals surface area contributed by atoms with Crippen LogP contribution in [-0.4, -0.2) is 22.1 Å². The van der Waals surface area contributed by atoms with Crippen LogP contribution in [0.4, 0.5) is 0 Å². The SMILES string of the molecule is CC[C@@H](C(=O)OCC(C)C)n1cnc2scc(-c3ccc(Cl)cc3)c2c1=O. The van der Waals surface area contributed by atoms with Crippen LogP contribution in [0.3, 0.4) is 0 Å². The number of carbonyl (C=O) groups is 1. The summed E-state index contributed by atoms with van der Waals surface area (Å²) < 4.78 is 6.74. The predicted molar refractivity (Wildman–Crippen MR) is 109 cm³/mol. The van der Waals surface area contributed by atoms with Crippen LogP contribution in [0.2, 0.25) is 5.02 Å². The number of rotatable bonds is 6. The van der Waals surface area contributed by atoms with Crippen molar-refractivity contribution in [2.75, 3.05) is 6.61 Å². The molecule has 0 bridgehead atoms. The number of benzene rings is 1. The minimum Gasteiger partial charge on any atom is -0.464 e. The summed E-state index contributed by atoms with van der Waals surface area (Å²) in [5, 5.41) is 3.05. The van der Waals surface area contributed by atoms with E-state index in [1.54, 1.807) is 12.1 Å². The maximum atomic E-state index is 13.2. The molecule has 1 atom stereocenters. The Labute approximate surface area is 166 Å². The summed E-state index contributed by atoms with van der Waals surface area (Å²) in [7, 11) is 0. The summed E-state index contributed by atoms with van der Waals surface area (Å²) in [6, 6.07) is 6.62. The van der Waals surface area contributed by atoms with Gasteiger partial charge in [0.2, 0.25) is 0 Å². The maximum Gasteiger partial charge on any atom is 0.329 e. The van der Waals surface area contributed by atoms with Crippen LogP contribution in [-0.2, 0) is 9.53 Å². The van der Waals surface area contributed by atoms with Gasteiger partial charge in [-0.3, -0.25) is 9.36 Å². The fourth-order valence-corrected chi connectivity index (χ4v) is 3.86. The van der Waals surface area contributed by atoms with Crippen LogP contribution in [0.5, 0.6) is 0 Å². The summed E-state index contributed by atoms with van der Waals surface area (Å²) in [5.74, 6) is -0.171. The maximum absolute atomic E-state index is 13.2. The molecule has 0 aliphatic heterocycles. The van der Waals surface area contributed by atoms with E-state index in [1.807, 2.05) is 38.3 Å². The van der Waals surface area contributed by atoms with Gasteiger partial charge in [0.25, 0.3) is 5.56 Å². The molecule has 0 spiro atoms. The van der Waals surface area contributed by atoms with Crippen LogP contribution < -0.4 is 5.56 Å². The highest BCUT2D eigenvalue weighted by Crippen LogP contribution is 2.31. The molecular weight excluding hydrogens is 384 g/mol. The fraction of sp³-hybridized carbons (Fsp3) is 0.350. The number of halogens is 1. The quantitative estimate of drug-likeness (QED) is 0.546. The summed E-state index contributed by atoms with van der Waals surface area (Å²) in [6.45, 7) is 6.12. The number of thiophene rings is 1. The first-order valence-corrected chi connectivity index (χ1v) is 10.1. The van der Waals surface area contributed by atoms with E-state index in [4.69, 9.17) is 16.3 Å². The molecule has 0 aliphatic carbocycles. The zero-order chi connectivity index (χ0) is 19.6. The number of esters is 1. The summed E-state index contributed by atoms with van der Waals surface area (Å²) in [6.07, 6.45) is 1.89. The molecule has 0 saturated heterocycles.